The summed E-state index contributed by atoms with van der Waals surface area (Å²) >= 11 is 0. The molecule has 0 saturated carbocycles. The summed E-state index contributed by atoms with van der Waals surface area (Å²) in [5.74, 6) is 1.29. The van der Waals surface area contributed by atoms with Crippen molar-refractivity contribution in [1.82, 2.24) is 9.80 Å². The van der Waals surface area contributed by atoms with Crippen molar-refractivity contribution in [1.29, 1.82) is 0 Å². The molecule has 2 atom stereocenters. The molecule has 2 heterocycles. The lowest BCUT2D eigenvalue weighted by molar-refractivity contribution is 0.0202. The zero-order chi connectivity index (χ0) is 12.5. The van der Waals surface area contributed by atoms with Crippen LogP contribution in [0, 0.1) is 11.8 Å². The number of hydrogen-bond acceptors (Lipinski definition) is 3. The first-order valence-corrected chi connectivity index (χ1v) is 6.93. The van der Waals surface area contributed by atoms with Gasteiger partial charge in [0.1, 0.15) is 0 Å². The maximum absolute atomic E-state index is 6.35. The van der Waals surface area contributed by atoms with E-state index >= 15 is 0 Å². The summed E-state index contributed by atoms with van der Waals surface area (Å²) in [6, 6.07) is 11.2. The normalized spacial score (nSPS) is 33.6. The number of rotatable bonds is 2. The second kappa shape index (κ2) is 5.00. The molecule has 2 aliphatic rings. The number of piperidine rings is 2. The fourth-order valence-electron chi connectivity index (χ4n) is 3.57. The van der Waals surface area contributed by atoms with Crippen LogP contribution in [0.25, 0.3) is 0 Å². The summed E-state index contributed by atoms with van der Waals surface area (Å²) in [6.07, 6.45) is 0. The van der Waals surface area contributed by atoms with Crippen molar-refractivity contribution in [2.45, 2.75) is 12.6 Å². The van der Waals surface area contributed by atoms with Gasteiger partial charge in [0.05, 0.1) is 0 Å². The van der Waals surface area contributed by atoms with Crippen LogP contribution in [0.2, 0.25) is 0 Å². The number of benzene rings is 1. The maximum atomic E-state index is 6.35. The van der Waals surface area contributed by atoms with Gasteiger partial charge in [-0.25, -0.2) is 0 Å². The van der Waals surface area contributed by atoms with Gasteiger partial charge in [-0.05, 0) is 24.4 Å². The summed E-state index contributed by atoms with van der Waals surface area (Å²) < 4.78 is 0. The van der Waals surface area contributed by atoms with Crippen molar-refractivity contribution in [2.24, 2.45) is 17.6 Å². The van der Waals surface area contributed by atoms with Crippen LogP contribution < -0.4 is 5.73 Å². The molecule has 2 unspecified atom stereocenters. The molecule has 3 heteroatoms. The number of fused-ring (bicyclic) bond motifs is 2. The van der Waals surface area contributed by atoms with Gasteiger partial charge >= 0.3 is 0 Å². The van der Waals surface area contributed by atoms with E-state index in [1.165, 1.54) is 5.56 Å². The van der Waals surface area contributed by atoms with Gasteiger partial charge in [0.25, 0.3) is 0 Å². The Labute approximate surface area is 110 Å². The molecule has 2 saturated heterocycles. The van der Waals surface area contributed by atoms with Crippen LogP contribution in [0.3, 0.4) is 0 Å². The average Bonchev–Trinajstić information content (AvgIpc) is 2.33. The molecule has 0 radical (unpaired) electrons. The van der Waals surface area contributed by atoms with Gasteiger partial charge in [-0.3, -0.25) is 4.90 Å². The Balaban J connectivity index is 1.67. The van der Waals surface area contributed by atoms with E-state index in [2.05, 4.69) is 47.2 Å². The van der Waals surface area contributed by atoms with Crippen molar-refractivity contribution >= 4 is 0 Å². The van der Waals surface area contributed by atoms with Gasteiger partial charge in [0.2, 0.25) is 0 Å². The van der Waals surface area contributed by atoms with E-state index in [0.29, 0.717) is 17.9 Å². The minimum atomic E-state index is 0.410. The fourth-order valence-corrected chi connectivity index (χ4v) is 3.57. The second-order valence-corrected chi connectivity index (χ2v) is 6.00. The third kappa shape index (κ3) is 2.44. The standard InChI is InChI=1S/C15H23N3/c1-17-8-13-10-18(11-14(9-17)15(13)16)7-12-5-3-2-4-6-12/h2-6,13-15H,7-11,16H2,1H3. The molecule has 2 bridgehead atoms. The number of likely N-dealkylation sites (tertiary alicyclic amines) is 2. The second-order valence-electron chi connectivity index (χ2n) is 6.00. The van der Waals surface area contributed by atoms with E-state index in [-0.39, 0.29) is 0 Å². The van der Waals surface area contributed by atoms with Crippen LogP contribution in [0.4, 0.5) is 0 Å². The van der Waals surface area contributed by atoms with E-state index in [1.807, 2.05) is 0 Å². The van der Waals surface area contributed by atoms with E-state index in [1.54, 1.807) is 0 Å². The summed E-state index contributed by atoms with van der Waals surface area (Å²) in [7, 11) is 2.22. The molecule has 1 aromatic rings. The zero-order valence-corrected chi connectivity index (χ0v) is 11.1. The first kappa shape index (κ1) is 12.2. The topological polar surface area (TPSA) is 32.5 Å². The lowest BCUT2D eigenvalue weighted by Gasteiger charge is -2.48. The molecule has 18 heavy (non-hydrogen) atoms. The van der Waals surface area contributed by atoms with Gasteiger partial charge in [0.15, 0.2) is 0 Å². The molecule has 0 spiro atoms. The minimum Gasteiger partial charge on any atom is -0.327 e. The zero-order valence-electron chi connectivity index (χ0n) is 11.1. The Kier molecular flexibility index (Phi) is 3.37. The first-order chi connectivity index (χ1) is 8.72. The highest BCUT2D eigenvalue weighted by Crippen LogP contribution is 2.27. The smallest absolute Gasteiger partial charge is 0.0234 e. The Morgan fingerprint density at radius 1 is 1.06 bits per heavy atom. The van der Waals surface area contributed by atoms with Crippen LogP contribution in [0.15, 0.2) is 30.3 Å². The average molecular weight is 245 g/mol. The van der Waals surface area contributed by atoms with E-state index in [9.17, 15) is 0 Å². The summed E-state index contributed by atoms with van der Waals surface area (Å²) in [6.45, 7) is 5.68. The van der Waals surface area contributed by atoms with Crippen molar-refractivity contribution < 1.29 is 0 Å². The van der Waals surface area contributed by atoms with Gasteiger partial charge in [-0.2, -0.15) is 0 Å². The Bertz CT molecular complexity index is 376. The molecule has 2 N–H and O–H groups in total. The van der Waals surface area contributed by atoms with Crippen LogP contribution in [-0.4, -0.2) is 49.1 Å². The van der Waals surface area contributed by atoms with Gasteiger partial charge < -0.3 is 10.6 Å². The van der Waals surface area contributed by atoms with Crippen LogP contribution >= 0.6 is 0 Å². The van der Waals surface area contributed by atoms with Gasteiger partial charge in [0, 0.05) is 38.8 Å². The maximum Gasteiger partial charge on any atom is 0.0234 e. The lowest BCUT2D eigenvalue weighted by atomic mass is 9.80. The molecule has 0 aliphatic carbocycles. The first-order valence-electron chi connectivity index (χ1n) is 6.93. The van der Waals surface area contributed by atoms with Crippen molar-refractivity contribution in [3.05, 3.63) is 35.9 Å². The third-order valence-electron chi connectivity index (χ3n) is 4.42. The largest absolute Gasteiger partial charge is 0.327 e. The number of nitrogens with zero attached hydrogens (tertiary/aromatic N) is 2. The molecule has 3 nitrogen and oxygen atoms in total. The molecule has 3 rings (SSSR count). The minimum absolute atomic E-state index is 0.410. The highest BCUT2D eigenvalue weighted by atomic mass is 15.2. The summed E-state index contributed by atoms with van der Waals surface area (Å²) in [5.41, 5.74) is 7.76. The number of nitrogens with two attached hydrogens (primary N) is 1. The molecular formula is C15H23N3. The Morgan fingerprint density at radius 2 is 1.67 bits per heavy atom. The van der Waals surface area contributed by atoms with Crippen molar-refractivity contribution in [3.8, 4) is 0 Å². The van der Waals surface area contributed by atoms with Gasteiger partial charge in [-0.1, -0.05) is 30.3 Å². The lowest BCUT2D eigenvalue weighted by Crippen LogP contribution is -2.62. The van der Waals surface area contributed by atoms with Crippen molar-refractivity contribution in [3.63, 3.8) is 0 Å². The molecule has 98 valence electrons. The molecule has 1 aromatic carbocycles. The van der Waals surface area contributed by atoms with Crippen molar-refractivity contribution in [2.75, 3.05) is 33.2 Å². The van der Waals surface area contributed by atoms with E-state index in [4.69, 9.17) is 5.73 Å². The molecule has 2 aliphatic heterocycles. The predicted molar refractivity (Wildman–Crippen MR) is 74.2 cm³/mol. The highest BCUT2D eigenvalue weighted by Gasteiger charge is 2.38. The number of hydrogen-bond donors (Lipinski definition) is 1. The summed E-state index contributed by atoms with van der Waals surface area (Å²) in [5, 5.41) is 0. The fraction of sp³-hybridized carbons (Fsp3) is 0.600. The van der Waals surface area contributed by atoms with Crippen LogP contribution in [-0.2, 0) is 6.54 Å². The highest BCUT2D eigenvalue weighted by molar-refractivity contribution is 5.14. The molecule has 0 aromatic heterocycles. The predicted octanol–water partition coefficient (Wildman–Crippen LogP) is 1.01. The van der Waals surface area contributed by atoms with E-state index < -0.39 is 0 Å². The Hall–Kier alpha value is -0.900. The van der Waals surface area contributed by atoms with Crippen LogP contribution in [0.1, 0.15) is 5.56 Å². The quantitative estimate of drug-likeness (QED) is 0.844. The van der Waals surface area contributed by atoms with Gasteiger partial charge in [-0.15, -0.1) is 0 Å². The molecular weight excluding hydrogens is 222 g/mol. The molecule has 2 fully saturated rings. The SMILES string of the molecule is CN1CC2CN(Cc3ccccc3)CC(C1)C2N. The van der Waals surface area contributed by atoms with E-state index in [0.717, 1.165) is 32.7 Å². The summed E-state index contributed by atoms with van der Waals surface area (Å²) in [4.78, 5) is 5.03. The van der Waals surface area contributed by atoms with Crippen LogP contribution in [0.5, 0.6) is 0 Å². The molecule has 0 amide bonds. The monoisotopic (exact) mass is 245 g/mol. The third-order valence-corrected chi connectivity index (χ3v) is 4.42. The Morgan fingerprint density at radius 3 is 2.28 bits per heavy atom.